The molecule has 1 heterocycles. The van der Waals surface area contributed by atoms with Crippen molar-refractivity contribution >= 4 is 16.8 Å². The molecule has 1 amide bonds. The third-order valence-electron chi connectivity index (χ3n) is 5.30. The van der Waals surface area contributed by atoms with E-state index >= 15 is 0 Å². The molecule has 4 rings (SSSR count). The van der Waals surface area contributed by atoms with E-state index in [4.69, 9.17) is 14.2 Å². The van der Waals surface area contributed by atoms with Crippen molar-refractivity contribution in [3.63, 3.8) is 0 Å². The van der Waals surface area contributed by atoms with Crippen LogP contribution in [0.1, 0.15) is 21.5 Å². The largest absolute Gasteiger partial charge is 0.493 e. The summed E-state index contributed by atoms with van der Waals surface area (Å²) >= 11 is 0. The Morgan fingerprint density at radius 1 is 0.939 bits per heavy atom. The minimum atomic E-state index is -0.341. The lowest BCUT2D eigenvalue weighted by atomic mass is 10.1. The Kier molecular flexibility index (Phi) is 6.40. The average molecular weight is 446 g/mol. The van der Waals surface area contributed by atoms with Crippen LogP contribution in [-0.2, 0) is 6.54 Å². The molecule has 0 aliphatic carbocycles. The number of hydrogen-bond acceptors (Lipinski definition) is 5. The maximum absolute atomic E-state index is 13.4. The maximum atomic E-state index is 13.4. The Balaban J connectivity index is 1.60. The number of pyridine rings is 1. The number of benzene rings is 3. The van der Waals surface area contributed by atoms with Crippen LogP contribution in [0.5, 0.6) is 23.0 Å². The van der Waals surface area contributed by atoms with E-state index in [2.05, 4.69) is 10.3 Å². The highest BCUT2D eigenvalue weighted by Crippen LogP contribution is 2.37. The molecule has 0 unspecified atom stereocenters. The highest BCUT2D eigenvalue weighted by molar-refractivity contribution is 5.96. The number of fused-ring (bicyclic) bond motifs is 1. The molecule has 33 heavy (non-hydrogen) atoms. The predicted molar refractivity (Wildman–Crippen MR) is 124 cm³/mol. The van der Waals surface area contributed by atoms with Crippen LogP contribution in [-0.4, -0.2) is 25.1 Å². The van der Waals surface area contributed by atoms with E-state index in [0.717, 1.165) is 5.39 Å². The smallest absolute Gasteiger partial charge is 0.251 e. The highest BCUT2D eigenvalue weighted by atomic mass is 19.1. The van der Waals surface area contributed by atoms with Crippen molar-refractivity contribution in [2.75, 3.05) is 14.2 Å². The number of methoxy groups -OCH3 is 2. The molecular formula is C26H23FN2O4. The first-order valence-corrected chi connectivity index (χ1v) is 10.3. The zero-order valence-electron chi connectivity index (χ0n) is 18.5. The van der Waals surface area contributed by atoms with E-state index in [-0.39, 0.29) is 18.3 Å². The molecule has 4 aromatic rings. The fraction of sp³-hybridized carbons (Fsp3) is 0.154. The van der Waals surface area contributed by atoms with Crippen LogP contribution in [0.3, 0.4) is 0 Å². The van der Waals surface area contributed by atoms with Gasteiger partial charge in [-0.25, -0.2) is 4.39 Å². The van der Waals surface area contributed by atoms with Crippen LogP contribution in [0.2, 0.25) is 0 Å². The molecule has 7 heteroatoms. The number of rotatable bonds is 7. The SMILES string of the molecule is COc1cc2nccc(Oc3cccc(C(=O)NCc4cccc(F)c4)c3C)c2cc1OC. The van der Waals surface area contributed by atoms with E-state index in [0.29, 0.717) is 45.2 Å². The van der Waals surface area contributed by atoms with Crippen LogP contribution in [0, 0.1) is 12.7 Å². The monoisotopic (exact) mass is 446 g/mol. The molecule has 3 aromatic carbocycles. The Hall–Kier alpha value is -4.13. The zero-order chi connectivity index (χ0) is 23.4. The van der Waals surface area contributed by atoms with Gasteiger partial charge in [-0.05, 0) is 48.9 Å². The van der Waals surface area contributed by atoms with Gasteiger partial charge in [0.25, 0.3) is 5.91 Å². The summed E-state index contributed by atoms with van der Waals surface area (Å²) in [6.07, 6.45) is 1.65. The van der Waals surface area contributed by atoms with E-state index in [1.807, 2.05) is 6.92 Å². The van der Waals surface area contributed by atoms with Gasteiger partial charge in [0.15, 0.2) is 11.5 Å². The second kappa shape index (κ2) is 9.56. The molecule has 0 bridgehead atoms. The standard InChI is InChI=1S/C26H23FN2O4/c1-16-19(26(30)29-15-17-6-4-7-18(27)12-17)8-5-9-22(16)33-23-10-11-28-21-14-25(32-3)24(31-2)13-20(21)23/h4-14H,15H2,1-3H3,(H,29,30). The predicted octanol–water partition coefficient (Wildman–Crippen LogP) is 5.42. The van der Waals surface area contributed by atoms with Crippen molar-refractivity contribution in [3.05, 3.63) is 89.4 Å². The number of hydrogen-bond donors (Lipinski definition) is 1. The topological polar surface area (TPSA) is 69.7 Å². The molecular weight excluding hydrogens is 423 g/mol. The van der Waals surface area contributed by atoms with Crippen LogP contribution >= 0.6 is 0 Å². The lowest BCUT2D eigenvalue weighted by Gasteiger charge is -2.15. The summed E-state index contributed by atoms with van der Waals surface area (Å²) < 4.78 is 30.4. The summed E-state index contributed by atoms with van der Waals surface area (Å²) in [5.74, 6) is 1.63. The van der Waals surface area contributed by atoms with E-state index in [1.165, 1.54) is 12.1 Å². The van der Waals surface area contributed by atoms with E-state index in [1.54, 1.807) is 68.9 Å². The second-order valence-electron chi connectivity index (χ2n) is 7.38. The molecule has 0 saturated heterocycles. The summed E-state index contributed by atoms with van der Waals surface area (Å²) in [6.45, 7) is 2.04. The molecule has 0 saturated carbocycles. The molecule has 6 nitrogen and oxygen atoms in total. The first-order valence-electron chi connectivity index (χ1n) is 10.3. The number of nitrogens with one attached hydrogen (secondary N) is 1. The molecule has 0 radical (unpaired) electrons. The third-order valence-corrected chi connectivity index (χ3v) is 5.30. The second-order valence-corrected chi connectivity index (χ2v) is 7.38. The van der Waals surface area contributed by atoms with Crippen molar-refractivity contribution in [1.82, 2.24) is 10.3 Å². The molecule has 1 N–H and O–H groups in total. The number of carbonyl (C=O) groups excluding carboxylic acids is 1. The lowest BCUT2D eigenvalue weighted by Crippen LogP contribution is -2.23. The zero-order valence-corrected chi connectivity index (χ0v) is 18.5. The Morgan fingerprint density at radius 2 is 1.70 bits per heavy atom. The number of ether oxygens (including phenoxy) is 3. The van der Waals surface area contributed by atoms with Gasteiger partial charge in [0, 0.05) is 35.3 Å². The van der Waals surface area contributed by atoms with Crippen LogP contribution < -0.4 is 19.5 Å². The number of nitrogens with zero attached hydrogens (tertiary/aromatic N) is 1. The van der Waals surface area contributed by atoms with Gasteiger partial charge in [-0.1, -0.05) is 18.2 Å². The summed E-state index contributed by atoms with van der Waals surface area (Å²) in [7, 11) is 3.13. The summed E-state index contributed by atoms with van der Waals surface area (Å²) in [6, 6.07) is 16.7. The molecule has 0 fully saturated rings. The number of carbonyl (C=O) groups is 1. The van der Waals surface area contributed by atoms with Crippen LogP contribution in [0.15, 0.2) is 66.9 Å². The van der Waals surface area contributed by atoms with Crippen LogP contribution in [0.25, 0.3) is 10.9 Å². The van der Waals surface area contributed by atoms with Gasteiger partial charge in [0.05, 0.1) is 19.7 Å². The van der Waals surface area contributed by atoms with Crippen LogP contribution in [0.4, 0.5) is 4.39 Å². The number of amides is 1. The average Bonchev–Trinajstić information content (AvgIpc) is 2.83. The Bertz CT molecular complexity index is 1320. The summed E-state index contributed by atoms with van der Waals surface area (Å²) in [5.41, 5.74) is 2.52. The lowest BCUT2D eigenvalue weighted by molar-refractivity contribution is 0.0950. The maximum Gasteiger partial charge on any atom is 0.251 e. The van der Waals surface area contributed by atoms with Crippen molar-refractivity contribution in [2.45, 2.75) is 13.5 Å². The minimum Gasteiger partial charge on any atom is -0.493 e. The molecule has 0 spiro atoms. The first kappa shape index (κ1) is 22.1. The van der Waals surface area contributed by atoms with Crippen molar-refractivity contribution in [1.29, 1.82) is 0 Å². The molecule has 0 aliphatic rings. The molecule has 0 aliphatic heterocycles. The minimum absolute atomic E-state index is 0.220. The van der Waals surface area contributed by atoms with Gasteiger partial charge in [-0.2, -0.15) is 0 Å². The van der Waals surface area contributed by atoms with Gasteiger partial charge in [0.2, 0.25) is 0 Å². The fourth-order valence-electron chi connectivity index (χ4n) is 3.55. The molecule has 1 aromatic heterocycles. The first-order chi connectivity index (χ1) is 16.0. The van der Waals surface area contributed by atoms with Crippen molar-refractivity contribution in [2.24, 2.45) is 0 Å². The van der Waals surface area contributed by atoms with Gasteiger partial charge in [-0.15, -0.1) is 0 Å². The Morgan fingerprint density at radius 3 is 2.45 bits per heavy atom. The van der Waals surface area contributed by atoms with Gasteiger partial charge < -0.3 is 19.5 Å². The van der Waals surface area contributed by atoms with E-state index < -0.39 is 0 Å². The summed E-state index contributed by atoms with van der Waals surface area (Å²) in [5, 5.41) is 3.58. The van der Waals surface area contributed by atoms with Crippen molar-refractivity contribution < 1.29 is 23.4 Å². The third kappa shape index (κ3) is 4.72. The summed E-state index contributed by atoms with van der Waals surface area (Å²) in [4.78, 5) is 17.2. The molecule has 0 atom stereocenters. The fourth-order valence-corrected chi connectivity index (χ4v) is 3.55. The van der Waals surface area contributed by atoms with E-state index in [9.17, 15) is 9.18 Å². The quantitative estimate of drug-likeness (QED) is 0.410. The van der Waals surface area contributed by atoms with Crippen molar-refractivity contribution in [3.8, 4) is 23.0 Å². The number of aromatic nitrogens is 1. The van der Waals surface area contributed by atoms with Gasteiger partial charge in [-0.3, -0.25) is 9.78 Å². The number of halogens is 1. The van der Waals surface area contributed by atoms with Gasteiger partial charge >= 0.3 is 0 Å². The molecule has 168 valence electrons. The Labute approximate surface area is 190 Å². The normalized spacial score (nSPS) is 10.7. The highest BCUT2D eigenvalue weighted by Gasteiger charge is 2.15. The van der Waals surface area contributed by atoms with Gasteiger partial charge in [0.1, 0.15) is 17.3 Å².